The van der Waals surface area contributed by atoms with E-state index in [0.29, 0.717) is 6.54 Å². The van der Waals surface area contributed by atoms with Gasteiger partial charge in [-0.1, -0.05) is 6.07 Å². The van der Waals surface area contributed by atoms with Crippen molar-refractivity contribution in [3.05, 3.63) is 23.8 Å². The highest BCUT2D eigenvalue weighted by molar-refractivity contribution is 14.2. The van der Waals surface area contributed by atoms with E-state index in [1.165, 1.54) is 0 Å². The molecular formula is C7H8IN3. The average molecular weight is 261 g/mol. The van der Waals surface area contributed by atoms with Crippen LogP contribution in [0.3, 0.4) is 0 Å². The summed E-state index contributed by atoms with van der Waals surface area (Å²) < 4.78 is 7.61. The molecule has 0 saturated carbocycles. The minimum absolute atomic E-state index is 0.171. The van der Waals surface area contributed by atoms with E-state index >= 15 is 0 Å². The van der Waals surface area contributed by atoms with Gasteiger partial charge in [0.2, 0.25) is 0 Å². The van der Waals surface area contributed by atoms with Crippen LogP contribution in [0.15, 0.2) is 21.3 Å². The van der Waals surface area contributed by atoms with Gasteiger partial charge in [-0.05, 0) is 17.7 Å². The third-order valence-electron chi connectivity index (χ3n) is 1.58. The predicted molar refractivity (Wildman–Crippen MR) is 54.1 cm³/mol. The van der Waals surface area contributed by atoms with Crippen molar-refractivity contribution >= 4 is 32.7 Å². The van der Waals surface area contributed by atoms with Crippen LogP contribution in [0.1, 0.15) is 5.56 Å². The molecule has 1 aliphatic heterocycles. The lowest BCUT2D eigenvalue weighted by atomic mass is 10.2. The zero-order chi connectivity index (χ0) is 7.68. The summed E-state index contributed by atoms with van der Waals surface area (Å²) in [5.41, 5.74) is 8.89. The molecule has 1 aliphatic rings. The van der Waals surface area contributed by atoms with Crippen LogP contribution in [-0.4, -0.2) is 0 Å². The Morgan fingerprint density at radius 1 is 1.55 bits per heavy atom. The van der Waals surface area contributed by atoms with Crippen molar-refractivity contribution in [3.8, 4) is 0 Å². The lowest BCUT2D eigenvalue weighted by molar-refractivity contribution is 1.07. The molecule has 0 atom stereocenters. The summed E-state index contributed by atoms with van der Waals surface area (Å²) in [6.45, 7) is 0.598. The molecule has 3 nitrogen and oxygen atoms in total. The van der Waals surface area contributed by atoms with Crippen LogP contribution < -0.4 is 9.26 Å². The van der Waals surface area contributed by atoms with Crippen molar-refractivity contribution in [1.29, 1.82) is 0 Å². The molecule has 0 radical (unpaired) electrons. The fourth-order valence-electron chi connectivity index (χ4n) is 0.966. The van der Waals surface area contributed by atoms with Crippen LogP contribution in [0.4, 0.5) is 11.4 Å². The molecule has 1 aromatic carbocycles. The molecule has 11 heavy (non-hydrogen) atoms. The van der Waals surface area contributed by atoms with Crippen LogP contribution in [0.25, 0.3) is 0 Å². The van der Waals surface area contributed by atoms with E-state index in [4.69, 9.17) is 5.73 Å². The Morgan fingerprint density at radius 2 is 2.45 bits per heavy atom. The summed E-state index contributed by atoms with van der Waals surface area (Å²) in [6, 6.07) is 6.14. The number of halogens is 1. The normalized spacial score (nSPS) is 13.5. The summed E-state index contributed by atoms with van der Waals surface area (Å²) in [4.78, 5) is 0. The van der Waals surface area contributed by atoms with E-state index in [9.17, 15) is 0 Å². The summed E-state index contributed by atoms with van der Waals surface area (Å²) in [5.74, 6) is 0. The third-order valence-corrected chi connectivity index (χ3v) is 3.16. The second kappa shape index (κ2) is 2.86. The van der Waals surface area contributed by atoms with Crippen LogP contribution in [-0.2, 0) is 6.54 Å². The molecule has 0 saturated heterocycles. The van der Waals surface area contributed by atoms with Crippen molar-refractivity contribution in [2.24, 2.45) is 8.88 Å². The smallest absolute Gasteiger partial charge is 0.118 e. The minimum atomic E-state index is -0.171. The lowest BCUT2D eigenvalue weighted by Gasteiger charge is -1.99. The van der Waals surface area contributed by atoms with Gasteiger partial charge in [0, 0.05) is 6.54 Å². The van der Waals surface area contributed by atoms with Gasteiger partial charge in [0.1, 0.15) is 21.3 Å². The molecule has 2 rings (SSSR count). The van der Waals surface area contributed by atoms with Crippen LogP contribution >= 0.6 is 21.3 Å². The monoisotopic (exact) mass is 261 g/mol. The van der Waals surface area contributed by atoms with Gasteiger partial charge in [0.25, 0.3) is 0 Å². The first-order chi connectivity index (χ1) is 5.40. The molecule has 58 valence electrons. The largest absolute Gasteiger partial charge is 0.326 e. The number of rotatable bonds is 1. The number of hydrogen-bond donors (Lipinski definition) is 2. The van der Waals surface area contributed by atoms with Crippen LogP contribution in [0.5, 0.6) is 0 Å². The molecule has 0 amide bonds. The number of anilines is 1. The Kier molecular flexibility index (Phi) is 1.87. The molecule has 0 bridgehead atoms. The summed E-state index contributed by atoms with van der Waals surface area (Å²) in [7, 11) is 0. The third kappa shape index (κ3) is 1.28. The van der Waals surface area contributed by atoms with Crippen LogP contribution in [0, 0.1) is 0 Å². The van der Waals surface area contributed by atoms with E-state index in [1.54, 1.807) is 0 Å². The van der Waals surface area contributed by atoms with E-state index in [1.807, 2.05) is 12.1 Å². The maximum absolute atomic E-state index is 5.49. The molecule has 4 heteroatoms. The van der Waals surface area contributed by atoms with Crippen molar-refractivity contribution in [3.63, 3.8) is 0 Å². The fourth-order valence-corrected chi connectivity index (χ4v) is 2.46. The predicted octanol–water partition coefficient (Wildman–Crippen LogP) is 2.27. The second-order valence-corrected chi connectivity index (χ2v) is 3.82. The number of nitrogens with one attached hydrogen (secondary N) is 1. The van der Waals surface area contributed by atoms with Crippen molar-refractivity contribution in [1.82, 2.24) is 0 Å². The van der Waals surface area contributed by atoms with Crippen LogP contribution in [0.2, 0.25) is 0 Å². The zero-order valence-electron chi connectivity index (χ0n) is 5.84. The molecule has 0 unspecified atom stereocenters. The Balaban J connectivity index is 2.47. The van der Waals surface area contributed by atoms with Gasteiger partial charge < -0.3 is 9.26 Å². The summed E-state index contributed by atoms with van der Waals surface area (Å²) >= 11 is -0.171. The summed E-state index contributed by atoms with van der Waals surface area (Å²) in [5, 5.41) is 0. The van der Waals surface area contributed by atoms with Gasteiger partial charge in [0.15, 0.2) is 0 Å². The number of nitrogens with two attached hydrogens (primary N) is 1. The number of nitrogens with zero attached hydrogens (tertiary/aromatic N) is 1. The average Bonchev–Trinajstić information content (AvgIpc) is 2.50. The maximum atomic E-state index is 5.49. The highest BCUT2D eigenvalue weighted by atomic mass is 127. The Hall–Kier alpha value is -0.490. The topological polar surface area (TPSA) is 50.4 Å². The molecule has 1 aromatic rings. The van der Waals surface area contributed by atoms with Gasteiger partial charge in [-0.15, -0.1) is 0 Å². The quantitative estimate of drug-likeness (QED) is 0.601. The van der Waals surface area contributed by atoms with Crippen molar-refractivity contribution in [2.75, 3.05) is 3.53 Å². The first-order valence-corrected chi connectivity index (χ1v) is 5.38. The molecule has 3 N–H and O–H groups in total. The fraction of sp³-hybridized carbons (Fsp3) is 0.143. The molecule has 0 spiro atoms. The van der Waals surface area contributed by atoms with Gasteiger partial charge >= 0.3 is 0 Å². The Bertz CT molecular complexity index is 309. The lowest BCUT2D eigenvalue weighted by Crippen LogP contribution is -1.95. The highest BCUT2D eigenvalue weighted by Gasteiger charge is 2.05. The maximum Gasteiger partial charge on any atom is 0.118 e. The molecular weight excluding hydrogens is 253 g/mol. The SMILES string of the molecule is NCc1ccc2c(c1)N=IN2. The van der Waals surface area contributed by atoms with E-state index in [2.05, 4.69) is 12.7 Å². The molecule has 0 fully saturated rings. The minimum Gasteiger partial charge on any atom is -0.326 e. The first-order valence-electron chi connectivity index (χ1n) is 3.33. The van der Waals surface area contributed by atoms with E-state index in [-0.39, 0.29) is 21.3 Å². The Labute approximate surface area is 75.5 Å². The first kappa shape index (κ1) is 7.17. The van der Waals surface area contributed by atoms with Gasteiger partial charge in [-0.25, -0.2) is 3.15 Å². The molecule has 1 heterocycles. The second-order valence-electron chi connectivity index (χ2n) is 2.32. The summed E-state index contributed by atoms with van der Waals surface area (Å²) in [6.07, 6.45) is 0. The molecule has 0 aliphatic carbocycles. The van der Waals surface area contributed by atoms with E-state index in [0.717, 1.165) is 16.9 Å². The van der Waals surface area contributed by atoms with Gasteiger partial charge in [-0.3, -0.25) is 0 Å². The number of fused-ring (bicyclic) bond motifs is 1. The molecule has 0 aromatic heterocycles. The van der Waals surface area contributed by atoms with Gasteiger partial charge in [-0.2, -0.15) is 0 Å². The van der Waals surface area contributed by atoms with Crippen molar-refractivity contribution < 1.29 is 0 Å². The van der Waals surface area contributed by atoms with Gasteiger partial charge in [0.05, 0.1) is 11.4 Å². The highest BCUT2D eigenvalue weighted by Crippen LogP contribution is 2.36. The van der Waals surface area contributed by atoms with Crippen molar-refractivity contribution in [2.45, 2.75) is 6.54 Å². The Morgan fingerprint density at radius 3 is 3.27 bits per heavy atom. The zero-order valence-corrected chi connectivity index (χ0v) is 8.00. The standard InChI is InChI=1S/C7H8IN3/c9-4-5-1-2-6-7(3-5)11-8-10-6/h1-3H,4,9H2,(H,10,11). The number of hydrogen-bond acceptors (Lipinski definition) is 3. The number of benzene rings is 1. The van der Waals surface area contributed by atoms with E-state index < -0.39 is 0 Å².